The fourth-order valence-electron chi connectivity index (χ4n) is 3.85. The quantitative estimate of drug-likeness (QED) is 0.211. The summed E-state index contributed by atoms with van der Waals surface area (Å²) in [4.78, 5) is 55.0. The van der Waals surface area contributed by atoms with Gasteiger partial charge in [0.15, 0.2) is 35.0 Å². The maximum absolute atomic E-state index is 15.5. The molecule has 1 aliphatic carbocycles. The minimum Gasteiger partial charge on any atom is -0.464 e. The predicted octanol–water partition coefficient (Wildman–Crippen LogP) is 1.26. The Kier molecular flexibility index (Phi) is 6.99. The van der Waals surface area contributed by atoms with Crippen molar-refractivity contribution in [2.45, 2.75) is 69.3 Å². The average molecular weight is 568 g/mol. The molecule has 4 N–H and O–H groups in total. The Morgan fingerprint density at radius 1 is 1.38 bits per heavy atom. The number of nitrogens with one attached hydrogen (secondary N) is 1. The summed E-state index contributed by atoms with van der Waals surface area (Å²) in [7, 11) is -5.17. The molecule has 2 fully saturated rings. The van der Waals surface area contributed by atoms with E-state index in [1.807, 2.05) is 0 Å². The lowest BCUT2D eigenvalue weighted by Gasteiger charge is -2.24. The topological polar surface area (TPSA) is 204 Å². The third-order valence-electron chi connectivity index (χ3n) is 5.41. The number of esters is 1. The molecule has 2 unspecified atom stereocenters. The Bertz CT molecular complexity index is 1280. The van der Waals surface area contributed by atoms with Crippen molar-refractivity contribution in [1.29, 1.82) is 0 Å². The Labute approximate surface area is 213 Å². The summed E-state index contributed by atoms with van der Waals surface area (Å²) in [5.41, 5.74) is -3.19. The molecule has 15 nitrogen and oxygen atoms in total. The van der Waals surface area contributed by atoms with Crippen LogP contribution in [0.4, 0.5) is 15.0 Å². The maximum Gasteiger partial charge on any atom is 0.413 e. The number of carbonyl (C=O) groups excluding carboxylic acids is 2. The van der Waals surface area contributed by atoms with Crippen LogP contribution in [0, 0.1) is 0 Å². The van der Waals surface area contributed by atoms with E-state index in [1.54, 1.807) is 20.8 Å². The molecule has 204 valence electrons. The van der Waals surface area contributed by atoms with Crippen molar-refractivity contribution >= 4 is 48.2 Å². The summed E-state index contributed by atoms with van der Waals surface area (Å²) < 4.78 is 48.7. The van der Waals surface area contributed by atoms with Gasteiger partial charge in [-0.05, 0) is 39.3 Å². The first kappa shape index (κ1) is 27.6. The summed E-state index contributed by atoms with van der Waals surface area (Å²) >= 11 is 5.98. The van der Waals surface area contributed by atoms with E-state index >= 15 is 4.39 Å². The fourth-order valence-corrected chi connectivity index (χ4v) is 4.65. The van der Waals surface area contributed by atoms with Crippen LogP contribution in [0.3, 0.4) is 0 Å². The largest absolute Gasteiger partial charge is 0.464 e. The first-order valence-corrected chi connectivity index (χ1v) is 12.9. The highest BCUT2D eigenvalue weighted by Crippen LogP contribution is 2.59. The Hall–Kier alpha value is -2.46. The molecule has 1 amide bonds. The molecule has 4 rings (SSSR count). The lowest BCUT2D eigenvalue weighted by molar-refractivity contribution is -0.157. The molecule has 1 saturated heterocycles. The number of ether oxygens (including phenoxy) is 4. The van der Waals surface area contributed by atoms with E-state index in [1.165, 1.54) is 6.92 Å². The van der Waals surface area contributed by atoms with E-state index in [0.717, 1.165) is 10.9 Å². The van der Waals surface area contributed by atoms with Gasteiger partial charge in [-0.3, -0.25) is 14.4 Å². The number of aliphatic hydroxyl groups is 1. The van der Waals surface area contributed by atoms with Gasteiger partial charge in [0.1, 0.15) is 17.8 Å². The number of fused-ring (bicyclic) bond motifs is 2. The minimum absolute atomic E-state index is 0.00953. The molecule has 0 radical (unpaired) electrons. The number of halogens is 2. The van der Waals surface area contributed by atoms with E-state index in [2.05, 4.69) is 25.0 Å². The number of aromatic nitrogens is 4. The highest BCUT2D eigenvalue weighted by Gasteiger charge is 2.80. The monoisotopic (exact) mass is 567 g/mol. The Morgan fingerprint density at radius 3 is 2.59 bits per heavy atom. The molecular weight excluding hydrogens is 544 g/mol. The van der Waals surface area contributed by atoms with Crippen LogP contribution in [0.15, 0.2) is 6.33 Å². The number of alkyl halides is 1. The number of hydrogen-bond acceptors (Lipinski definition) is 11. The van der Waals surface area contributed by atoms with Gasteiger partial charge >= 0.3 is 19.7 Å². The number of imidazole rings is 1. The van der Waals surface area contributed by atoms with Crippen molar-refractivity contribution < 1.29 is 52.4 Å². The van der Waals surface area contributed by atoms with E-state index in [0.29, 0.717) is 0 Å². The Morgan fingerprint density at radius 2 is 2.05 bits per heavy atom. The standard InChI is InChI=1S/C19H24ClFN5O10P/c1-5-33-14(27)15(37(30,31)32)35-10-9-19(10,29)8(21)13(34-9)26-6-22-7-11(23-16(20)25-12(7)26)24-17(28)36-18(2,3)4/h6,8-10,13,15,29H,5H2,1-4H3,(H2,30,31,32)(H,23,24,25,28)/t8-,9-,10?,13-,15?,19+/m1/s1. The van der Waals surface area contributed by atoms with Gasteiger partial charge in [-0.1, -0.05) is 0 Å². The van der Waals surface area contributed by atoms with Crippen molar-refractivity contribution in [2.24, 2.45) is 0 Å². The van der Waals surface area contributed by atoms with Crippen LogP contribution in [-0.2, 0) is 28.3 Å². The smallest absolute Gasteiger partial charge is 0.413 e. The second kappa shape index (κ2) is 9.38. The van der Waals surface area contributed by atoms with Crippen molar-refractivity contribution in [1.82, 2.24) is 19.5 Å². The van der Waals surface area contributed by atoms with Crippen molar-refractivity contribution in [3.8, 4) is 0 Å². The maximum atomic E-state index is 15.5. The summed E-state index contributed by atoms with van der Waals surface area (Å²) in [5.74, 6) is -3.86. The van der Waals surface area contributed by atoms with Crippen LogP contribution in [0.2, 0.25) is 5.28 Å². The van der Waals surface area contributed by atoms with Crippen molar-refractivity contribution in [3.05, 3.63) is 11.6 Å². The van der Waals surface area contributed by atoms with Gasteiger partial charge in [0.05, 0.1) is 12.9 Å². The molecule has 2 aliphatic rings. The third kappa shape index (κ3) is 5.14. The number of anilines is 1. The molecule has 2 aromatic rings. The minimum atomic E-state index is -5.17. The molecule has 6 atom stereocenters. The van der Waals surface area contributed by atoms with Gasteiger partial charge in [0, 0.05) is 0 Å². The number of nitrogens with zero attached hydrogens (tertiary/aromatic N) is 4. The summed E-state index contributed by atoms with van der Waals surface area (Å²) in [6.07, 6.45) is -6.42. The van der Waals surface area contributed by atoms with Crippen LogP contribution in [0.5, 0.6) is 0 Å². The lowest BCUT2D eigenvalue weighted by atomic mass is 10.2. The van der Waals surface area contributed by atoms with Crippen LogP contribution >= 0.6 is 19.2 Å². The van der Waals surface area contributed by atoms with E-state index in [-0.39, 0.29) is 28.9 Å². The van der Waals surface area contributed by atoms with Gasteiger partial charge in [0.2, 0.25) is 5.28 Å². The van der Waals surface area contributed by atoms with Crippen LogP contribution < -0.4 is 5.32 Å². The molecule has 1 saturated carbocycles. The highest BCUT2D eigenvalue weighted by atomic mass is 35.5. The molecule has 0 aromatic carbocycles. The highest BCUT2D eigenvalue weighted by molar-refractivity contribution is 7.53. The Balaban J connectivity index is 1.56. The van der Waals surface area contributed by atoms with E-state index in [4.69, 9.17) is 25.8 Å². The van der Waals surface area contributed by atoms with Crippen LogP contribution in [-0.4, -0.2) is 88.5 Å². The number of hydrogen-bond donors (Lipinski definition) is 4. The lowest BCUT2D eigenvalue weighted by Crippen LogP contribution is -2.37. The first-order valence-electron chi connectivity index (χ1n) is 10.9. The molecule has 3 heterocycles. The first-order chi connectivity index (χ1) is 17.1. The average Bonchev–Trinajstić information content (AvgIpc) is 3.00. The van der Waals surface area contributed by atoms with Gasteiger partial charge in [0.25, 0.3) is 5.85 Å². The zero-order valence-electron chi connectivity index (χ0n) is 19.9. The number of carbonyl (C=O) groups is 2. The van der Waals surface area contributed by atoms with Gasteiger partial charge in [-0.2, -0.15) is 9.97 Å². The number of amides is 1. The van der Waals surface area contributed by atoms with Crippen LogP contribution in [0.1, 0.15) is 33.9 Å². The van der Waals surface area contributed by atoms with E-state index in [9.17, 15) is 29.0 Å². The fraction of sp³-hybridized carbons (Fsp3) is 0.632. The van der Waals surface area contributed by atoms with Crippen molar-refractivity contribution in [3.63, 3.8) is 0 Å². The third-order valence-corrected chi connectivity index (χ3v) is 6.52. The molecule has 37 heavy (non-hydrogen) atoms. The predicted molar refractivity (Wildman–Crippen MR) is 121 cm³/mol. The molecule has 0 bridgehead atoms. The molecule has 2 aromatic heterocycles. The summed E-state index contributed by atoms with van der Waals surface area (Å²) in [6.45, 7) is 6.20. The number of rotatable bonds is 7. The molecule has 18 heteroatoms. The summed E-state index contributed by atoms with van der Waals surface area (Å²) in [5, 5.41) is 12.9. The summed E-state index contributed by atoms with van der Waals surface area (Å²) in [6, 6.07) is 0. The molecular formula is C19H24ClFN5O10P. The second-order valence-electron chi connectivity index (χ2n) is 9.28. The second-order valence-corrected chi connectivity index (χ2v) is 11.3. The zero-order chi connectivity index (χ0) is 27.5. The van der Waals surface area contributed by atoms with Gasteiger partial charge < -0.3 is 33.8 Å². The van der Waals surface area contributed by atoms with Crippen LogP contribution in [0.25, 0.3) is 11.2 Å². The SMILES string of the molecule is CCOC(=O)C(OC1[C@H]2O[C@@H](n3cnc4c(NC(=O)OC(C)(C)C)nc(Cl)nc43)[C@@H](F)[C@@]12O)P(=O)(O)O. The van der Waals surface area contributed by atoms with Gasteiger partial charge in [-0.25, -0.2) is 19.0 Å². The normalized spacial score (nSPS) is 28.0. The molecule has 1 aliphatic heterocycles. The zero-order valence-corrected chi connectivity index (χ0v) is 21.5. The van der Waals surface area contributed by atoms with Gasteiger partial charge in [-0.15, -0.1) is 0 Å². The van der Waals surface area contributed by atoms with Crippen molar-refractivity contribution in [2.75, 3.05) is 11.9 Å². The molecule has 0 spiro atoms. The van der Waals surface area contributed by atoms with E-state index < -0.39 is 61.3 Å².